The fraction of sp³-hybridized carbons (Fsp3) is 0.333. The highest BCUT2D eigenvalue weighted by Gasteiger charge is 2.38. The maximum absolute atomic E-state index is 14.1. The van der Waals surface area contributed by atoms with E-state index in [1.165, 1.54) is 11.0 Å². The Morgan fingerprint density at radius 1 is 0.837 bits per heavy atom. The first-order valence-electron chi connectivity index (χ1n) is 13.1. The van der Waals surface area contributed by atoms with Crippen molar-refractivity contribution in [3.05, 3.63) is 101 Å². The summed E-state index contributed by atoms with van der Waals surface area (Å²) in [5.41, 5.74) is -3.29. The molecule has 0 bridgehead atoms. The molecule has 3 aromatic rings. The normalized spacial score (nSPS) is 17.8. The van der Waals surface area contributed by atoms with Crippen LogP contribution in [0.15, 0.2) is 72.8 Å². The van der Waals surface area contributed by atoms with Crippen LogP contribution < -0.4 is 5.32 Å². The van der Waals surface area contributed by atoms with Gasteiger partial charge in [-0.05, 0) is 48.4 Å². The lowest BCUT2D eigenvalue weighted by Gasteiger charge is -2.39. The quantitative estimate of drug-likeness (QED) is 0.284. The fourth-order valence-electron chi connectivity index (χ4n) is 4.87. The number of alkyl halides is 8. The summed E-state index contributed by atoms with van der Waals surface area (Å²) in [4.78, 5) is 27.3. The third-order valence-electron chi connectivity index (χ3n) is 6.97. The van der Waals surface area contributed by atoms with Gasteiger partial charge in [-0.3, -0.25) is 10.1 Å². The lowest BCUT2D eigenvalue weighted by Crippen LogP contribution is -2.49. The van der Waals surface area contributed by atoms with Gasteiger partial charge in [-0.1, -0.05) is 36.4 Å². The summed E-state index contributed by atoms with van der Waals surface area (Å²) < 4.78 is 113. The molecule has 1 aliphatic rings. The van der Waals surface area contributed by atoms with Crippen LogP contribution in [0, 0.1) is 0 Å². The monoisotopic (exact) mass is 614 g/mol. The number of carbonyl (C=O) groups is 2. The van der Waals surface area contributed by atoms with Crippen molar-refractivity contribution in [2.24, 2.45) is 0 Å². The molecule has 230 valence electrons. The molecule has 2 amide bonds. The minimum Gasteiger partial charge on any atom is -0.446 e. The van der Waals surface area contributed by atoms with Crippen molar-refractivity contribution in [3.63, 3.8) is 0 Å². The topological polar surface area (TPSA) is 58.6 Å². The van der Waals surface area contributed by atoms with E-state index in [4.69, 9.17) is 4.74 Å². The number of piperidine rings is 1. The van der Waals surface area contributed by atoms with Gasteiger partial charge in [0.15, 0.2) is 0 Å². The SMILES string of the molecule is CC(F)(F)c1cc(C(=O)N2CC[C@H](OC(=O)Nc3cccc(C(F)(F)F)c3)C[C@H]2Cc2ccccc2)cc(C(F)(F)F)c1. The Morgan fingerprint density at radius 3 is 2.12 bits per heavy atom. The number of nitrogens with one attached hydrogen (secondary N) is 1. The van der Waals surface area contributed by atoms with Gasteiger partial charge in [0.05, 0.1) is 11.1 Å². The van der Waals surface area contributed by atoms with E-state index in [1.807, 2.05) is 0 Å². The molecule has 4 rings (SSSR count). The fourth-order valence-corrected chi connectivity index (χ4v) is 4.87. The molecule has 0 radical (unpaired) electrons. The zero-order chi connectivity index (χ0) is 31.6. The Balaban J connectivity index is 1.56. The van der Waals surface area contributed by atoms with Crippen LogP contribution in [0.3, 0.4) is 0 Å². The van der Waals surface area contributed by atoms with Crippen LogP contribution in [0.5, 0.6) is 0 Å². The third kappa shape index (κ3) is 8.23. The van der Waals surface area contributed by atoms with Crippen LogP contribution in [-0.4, -0.2) is 35.6 Å². The smallest absolute Gasteiger partial charge is 0.416 e. The van der Waals surface area contributed by atoms with E-state index >= 15 is 0 Å². The number of ether oxygens (including phenoxy) is 1. The van der Waals surface area contributed by atoms with Gasteiger partial charge in [0.25, 0.3) is 11.8 Å². The first kappa shape index (κ1) is 31.8. The van der Waals surface area contributed by atoms with Crippen molar-refractivity contribution < 1.29 is 49.4 Å². The first-order chi connectivity index (χ1) is 20.0. The number of benzene rings is 3. The van der Waals surface area contributed by atoms with Crippen LogP contribution in [0.4, 0.5) is 45.6 Å². The molecule has 0 aliphatic carbocycles. The molecule has 1 fully saturated rings. The first-order valence-corrected chi connectivity index (χ1v) is 13.1. The molecule has 1 N–H and O–H groups in total. The van der Waals surface area contributed by atoms with Gasteiger partial charge in [0.1, 0.15) is 6.10 Å². The zero-order valence-corrected chi connectivity index (χ0v) is 22.6. The number of anilines is 1. The summed E-state index contributed by atoms with van der Waals surface area (Å²) in [6.45, 7) is 0.341. The summed E-state index contributed by atoms with van der Waals surface area (Å²) in [6, 6.07) is 13.6. The second-order valence-electron chi connectivity index (χ2n) is 10.3. The third-order valence-corrected chi connectivity index (χ3v) is 6.97. The van der Waals surface area contributed by atoms with E-state index in [9.17, 15) is 44.7 Å². The van der Waals surface area contributed by atoms with Crippen molar-refractivity contribution in [3.8, 4) is 0 Å². The summed E-state index contributed by atoms with van der Waals surface area (Å²) in [5.74, 6) is -4.54. The predicted molar refractivity (Wildman–Crippen MR) is 141 cm³/mol. The lowest BCUT2D eigenvalue weighted by molar-refractivity contribution is -0.138. The van der Waals surface area contributed by atoms with Crippen LogP contribution in [0.1, 0.15) is 52.4 Å². The van der Waals surface area contributed by atoms with E-state index < -0.39 is 64.7 Å². The van der Waals surface area contributed by atoms with Crippen molar-refractivity contribution in [2.75, 3.05) is 11.9 Å². The number of amides is 2. The minimum absolute atomic E-state index is 0.0341. The summed E-state index contributed by atoms with van der Waals surface area (Å²) in [5, 5.41) is 2.25. The van der Waals surface area contributed by atoms with Gasteiger partial charge < -0.3 is 9.64 Å². The molecule has 0 saturated carbocycles. The van der Waals surface area contributed by atoms with Crippen molar-refractivity contribution >= 4 is 17.7 Å². The number of rotatable bonds is 6. The summed E-state index contributed by atoms with van der Waals surface area (Å²) in [7, 11) is 0. The van der Waals surface area contributed by atoms with Crippen molar-refractivity contribution in [1.29, 1.82) is 0 Å². The molecule has 43 heavy (non-hydrogen) atoms. The second kappa shape index (κ2) is 12.2. The molecular weight excluding hydrogens is 588 g/mol. The Bertz CT molecular complexity index is 1420. The number of hydrogen-bond acceptors (Lipinski definition) is 3. The Kier molecular flexibility index (Phi) is 9.02. The molecule has 0 spiro atoms. The predicted octanol–water partition coefficient (Wildman–Crippen LogP) is 8.30. The number of carbonyl (C=O) groups excluding carboxylic acids is 2. The van der Waals surface area contributed by atoms with Gasteiger partial charge >= 0.3 is 18.4 Å². The Hall–Kier alpha value is -4.16. The molecular formula is C30H26F8N2O3. The number of nitrogens with zero attached hydrogens (tertiary/aromatic N) is 1. The van der Waals surface area contributed by atoms with E-state index in [0.717, 1.165) is 29.8 Å². The maximum Gasteiger partial charge on any atom is 0.416 e. The highest BCUT2D eigenvalue weighted by atomic mass is 19.4. The van der Waals surface area contributed by atoms with Crippen molar-refractivity contribution in [2.45, 2.75) is 56.6 Å². The highest BCUT2D eigenvalue weighted by molar-refractivity contribution is 5.95. The van der Waals surface area contributed by atoms with E-state index in [-0.39, 0.29) is 31.5 Å². The van der Waals surface area contributed by atoms with Crippen LogP contribution in [-0.2, 0) is 29.4 Å². The van der Waals surface area contributed by atoms with Gasteiger partial charge in [0, 0.05) is 49.2 Å². The van der Waals surface area contributed by atoms with Gasteiger partial charge in [-0.15, -0.1) is 0 Å². The maximum atomic E-state index is 14.1. The van der Waals surface area contributed by atoms with Crippen LogP contribution in [0.25, 0.3) is 0 Å². The van der Waals surface area contributed by atoms with Crippen LogP contribution in [0.2, 0.25) is 0 Å². The zero-order valence-electron chi connectivity index (χ0n) is 22.6. The van der Waals surface area contributed by atoms with Crippen LogP contribution >= 0.6 is 0 Å². The molecule has 1 heterocycles. The minimum atomic E-state index is -4.98. The molecule has 1 aliphatic heterocycles. The van der Waals surface area contributed by atoms with Gasteiger partial charge in [-0.2, -0.15) is 26.3 Å². The molecule has 2 atom stereocenters. The summed E-state index contributed by atoms with van der Waals surface area (Å²) in [6.07, 6.45) is -11.2. The van der Waals surface area contributed by atoms with Gasteiger partial charge in [0.2, 0.25) is 0 Å². The largest absolute Gasteiger partial charge is 0.446 e. The van der Waals surface area contributed by atoms with E-state index in [0.29, 0.717) is 19.1 Å². The lowest BCUT2D eigenvalue weighted by atomic mass is 9.92. The molecule has 3 aromatic carbocycles. The van der Waals surface area contributed by atoms with Gasteiger partial charge in [-0.25, -0.2) is 13.6 Å². The molecule has 0 unspecified atom stereocenters. The number of halogens is 8. The van der Waals surface area contributed by atoms with E-state index in [1.54, 1.807) is 30.3 Å². The molecule has 0 aromatic heterocycles. The van der Waals surface area contributed by atoms with Crippen molar-refractivity contribution in [1.82, 2.24) is 4.90 Å². The standard InChI is InChI=1S/C30H26F8N2O3/c1-28(31,32)21-13-19(14-22(15-21)30(36,37)38)26(41)40-11-10-25(17-24(40)12-18-6-3-2-4-7-18)43-27(42)39-23-9-5-8-20(16-23)29(33,34)35/h2-9,13-16,24-25H,10-12,17H2,1H3,(H,39,42)/t24-,25+/m1/s1. The molecule has 5 nitrogen and oxygen atoms in total. The highest BCUT2D eigenvalue weighted by Crippen LogP contribution is 2.36. The second-order valence-corrected chi connectivity index (χ2v) is 10.3. The Morgan fingerprint density at radius 2 is 1.49 bits per heavy atom. The number of hydrogen-bond donors (Lipinski definition) is 1. The Labute approximate surface area is 241 Å². The summed E-state index contributed by atoms with van der Waals surface area (Å²) >= 11 is 0. The molecule has 13 heteroatoms. The average Bonchev–Trinajstić information content (AvgIpc) is 2.92. The molecule has 1 saturated heterocycles. The number of likely N-dealkylation sites (tertiary alicyclic amines) is 1. The van der Waals surface area contributed by atoms with E-state index in [2.05, 4.69) is 5.32 Å². The average molecular weight is 615 g/mol.